The van der Waals surface area contributed by atoms with Gasteiger partial charge >= 0.3 is 0 Å². The van der Waals surface area contributed by atoms with E-state index in [0.29, 0.717) is 11.5 Å². The Morgan fingerprint density at radius 2 is 0.783 bits per heavy atom. The highest BCUT2D eigenvalue weighted by Crippen LogP contribution is 2.19. The number of phenols is 2. The van der Waals surface area contributed by atoms with Gasteiger partial charge in [0.25, 0.3) is 0 Å². The summed E-state index contributed by atoms with van der Waals surface area (Å²) < 4.78 is 0. The molecule has 4 rings (SSSR count). The molecular formula is C21H20O2. The number of hydrogen-bond donors (Lipinski definition) is 2. The molecule has 0 aliphatic heterocycles. The topological polar surface area (TPSA) is 40.5 Å². The minimum atomic E-state index is 0. The molecule has 0 heterocycles. The fourth-order valence-corrected chi connectivity index (χ4v) is 2.35. The predicted molar refractivity (Wildman–Crippen MR) is 98.0 cm³/mol. The van der Waals surface area contributed by atoms with Crippen LogP contribution < -0.4 is 0 Å². The normalized spacial score (nSPS) is 9.74. The van der Waals surface area contributed by atoms with E-state index < -0.39 is 0 Å². The van der Waals surface area contributed by atoms with Crippen LogP contribution in [-0.2, 0) is 0 Å². The summed E-state index contributed by atoms with van der Waals surface area (Å²) >= 11 is 0. The van der Waals surface area contributed by atoms with Gasteiger partial charge in [-0.3, -0.25) is 0 Å². The third-order valence-electron chi connectivity index (χ3n) is 3.47. The van der Waals surface area contributed by atoms with E-state index in [1.807, 2.05) is 60.7 Å². The van der Waals surface area contributed by atoms with Crippen molar-refractivity contribution in [1.29, 1.82) is 0 Å². The van der Waals surface area contributed by atoms with Gasteiger partial charge in [0.2, 0.25) is 0 Å². The molecule has 0 amide bonds. The Morgan fingerprint density at radius 3 is 1.17 bits per heavy atom. The minimum Gasteiger partial charge on any atom is -0.508 e. The van der Waals surface area contributed by atoms with Gasteiger partial charge in [0.05, 0.1) is 0 Å². The smallest absolute Gasteiger partial charge is 0.116 e. The van der Waals surface area contributed by atoms with Crippen molar-refractivity contribution in [3.63, 3.8) is 0 Å². The van der Waals surface area contributed by atoms with Crippen molar-refractivity contribution >= 4 is 21.5 Å². The number of fused-ring (bicyclic) bond motifs is 2. The van der Waals surface area contributed by atoms with Gasteiger partial charge < -0.3 is 10.2 Å². The molecule has 0 radical (unpaired) electrons. The molecule has 4 aromatic carbocycles. The van der Waals surface area contributed by atoms with Crippen LogP contribution in [0.1, 0.15) is 7.43 Å². The molecule has 0 aliphatic carbocycles. The van der Waals surface area contributed by atoms with Crippen LogP contribution in [0.25, 0.3) is 21.5 Å². The van der Waals surface area contributed by atoms with E-state index in [1.165, 1.54) is 0 Å². The van der Waals surface area contributed by atoms with E-state index in [-0.39, 0.29) is 7.43 Å². The van der Waals surface area contributed by atoms with Gasteiger partial charge in [0, 0.05) is 0 Å². The number of phenolic OH excluding ortho intramolecular Hbond substituents is 2. The molecule has 0 atom stereocenters. The quantitative estimate of drug-likeness (QED) is 0.436. The molecular weight excluding hydrogens is 284 g/mol. The average Bonchev–Trinajstić information content (AvgIpc) is 2.55. The van der Waals surface area contributed by atoms with Crippen molar-refractivity contribution in [2.24, 2.45) is 0 Å². The van der Waals surface area contributed by atoms with Gasteiger partial charge in [0.15, 0.2) is 0 Å². The highest BCUT2D eigenvalue weighted by atomic mass is 16.3. The maximum absolute atomic E-state index is 9.13. The fourth-order valence-electron chi connectivity index (χ4n) is 2.35. The summed E-state index contributed by atoms with van der Waals surface area (Å²) in [6, 6.07) is 26.6. The van der Waals surface area contributed by atoms with E-state index in [9.17, 15) is 0 Å². The Hall–Kier alpha value is -3.00. The molecule has 0 unspecified atom stereocenters. The van der Waals surface area contributed by atoms with Crippen LogP contribution in [0.15, 0.2) is 84.9 Å². The fraction of sp³-hybridized carbons (Fsp3) is 0.0476. The second-order valence-corrected chi connectivity index (χ2v) is 5.06. The summed E-state index contributed by atoms with van der Waals surface area (Å²) in [5.41, 5.74) is 0. The van der Waals surface area contributed by atoms with Gasteiger partial charge in [-0.2, -0.15) is 0 Å². The second kappa shape index (κ2) is 7.32. The second-order valence-electron chi connectivity index (χ2n) is 5.06. The average molecular weight is 304 g/mol. The van der Waals surface area contributed by atoms with Crippen LogP contribution in [0, 0.1) is 0 Å². The predicted octanol–water partition coefficient (Wildman–Crippen LogP) is 5.73. The summed E-state index contributed by atoms with van der Waals surface area (Å²) in [6.45, 7) is 0. The molecule has 23 heavy (non-hydrogen) atoms. The van der Waals surface area contributed by atoms with E-state index in [2.05, 4.69) is 0 Å². The van der Waals surface area contributed by atoms with Crippen molar-refractivity contribution in [1.82, 2.24) is 0 Å². The van der Waals surface area contributed by atoms with E-state index in [1.54, 1.807) is 24.3 Å². The molecule has 4 aromatic rings. The van der Waals surface area contributed by atoms with Gasteiger partial charge in [-0.1, -0.05) is 68.1 Å². The van der Waals surface area contributed by atoms with Gasteiger partial charge in [-0.05, 0) is 45.8 Å². The molecule has 116 valence electrons. The first-order valence-electron chi connectivity index (χ1n) is 7.08. The first-order valence-corrected chi connectivity index (χ1v) is 7.08. The molecule has 0 spiro atoms. The molecule has 0 bridgehead atoms. The Balaban J connectivity index is 0.000000160. The molecule has 2 nitrogen and oxygen atoms in total. The third-order valence-corrected chi connectivity index (χ3v) is 3.47. The monoisotopic (exact) mass is 304 g/mol. The lowest BCUT2D eigenvalue weighted by Crippen LogP contribution is -1.69. The van der Waals surface area contributed by atoms with Crippen LogP contribution >= 0.6 is 0 Å². The molecule has 2 heteroatoms. The lowest BCUT2D eigenvalue weighted by molar-refractivity contribution is 0.475. The van der Waals surface area contributed by atoms with Crippen molar-refractivity contribution < 1.29 is 10.2 Å². The summed E-state index contributed by atoms with van der Waals surface area (Å²) in [6.07, 6.45) is 0. The van der Waals surface area contributed by atoms with Crippen LogP contribution in [0.2, 0.25) is 0 Å². The zero-order valence-corrected chi connectivity index (χ0v) is 12.0. The van der Waals surface area contributed by atoms with Crippen LogP contribution in [0.5, 0.6) is 11.5 Å². The Kier molecular flexibility index (Phi) is 5.21. The summed E-state index contributed by atoms with van der Waals surface area (Å²) in [7, 11) is 0. The SMILES string of the molecule is C.Oc1ccc2ccccc2c1.Oc1ccc2ccccc2c1. The largest absolute Gasteiger partial charge is 0.508 e. The number of rotatable bonds is 0. The highest BCUT2D eigenvalue weighted by molar-refractivity contribution is 5.84. The molecule has 0 fully saturated rings. The van der Waals surface area contributed by atoms with Crippen LogP contribution in [-0.4, -0.2) is 10.2 Å². The third kappa shape index (κ3) is 4.01. The maximum Gasteiger partial charge on any atom is 0.116 e. The Morgan fingerprint density at radius 1 is 0.435 bits per heavy atom. The molecule has 2 N–H and O–H groups in total. The van der Waals surface area contributed by atoms with Gasteiger partial charge in [-0.25, -0.2) is 0 Å². The zero-order valence-electron chi connectivity index (χ0n) is 12.0. The summed E-state index contributed by atoms with van der Waals surface area (Å²) in [5.74, 6) is 0.646. The minimum absolute atomic E-state index is 0. The first-order chi connectivity index (χ1) is 10.7. The molecule has 0 saturated heterocycles. The number of hydrogen-bond acceptors (Lipinski definition) is 2. The van der Waals surface area contributed by atoms with Crippen molar-refractivity contribution in [2.45, 2.75) is 7.43 Å². The van der Waals surface area contributed by atoms with E-state index in [4.69, 9.17) is 10.2 Å². The maximum atomic E-state index is 9.13. The first kappa shape index (κ1) is 16.4. The summed E-state index contributed by atoms with van der Waals surface area (Å²) in [4.78, 5) is 0. The Bertz CT molecular complexity index is 836. The van der Waals surface area contributed by atoms with E-state index in [0.717, 1.165) is 21.5 Å². The van der Waals surface area contributed by atoms with Crippen LogP contribution in [0.4, 0.5) is 0 Å². The van der Waals surface area contributed by atoms with Crippen molar-refractivity contribution in [3.05, 3.63) is 84.9 Å². The van der Waals surface area contributed by atoms with E-state index >= 15 is 0 Å². The highest BCUT2D eigenvalue weighted by Gasteiger charge is 1.92. The Labute approximate surface area is 136 Å². The van der Waals surface area contributed by atoms with Crippen molar-refractivity contribution in [3.8, 4) is 11.5 Å². The zero-order chi connectivity index (χ0) is 15.4. The van der Waals surface area contributed by atoms with Crippen LogP contribution in [0.3, 0.4) is 0 Å². The molecule has 0 saturated carbocycles. The lowest BCUT2D eigenvalue weighted by atomic mass is 10.1. The number of benzene rings is 4. The standard InChI is InChI=1S/2C10H8O.CH4/c2*11-10-6-5-8-3-1-2-4-9(8)7-10;/h2*1-7,11H;1H4. The van der Waals surface area contributed by atoms with Gasteiger partial charge in [-0.15, -0.1) is 0 Å². The van der Waals surface area contributed by atoms with Gasteiger partial charge in [0.1, 0.15) is 11.5 Å². The van der Waals surface area contributed by atoms with Crippen molar-refractivity contribution in [2.75, 3.05) is 0 Å². The summed E-state index contributed by atoms with van der Waals surface area (Å²) in [5, 5.41) is 22.7. The number of aromatic hydroxyl groups is 2. The molecule has 0 aliphatic rings. The lowest BCUT2D eigenvalue weighted by Gasteiger charge is -1.96. The molecule has 0 aromatic heterocycles.